The molecule has 11 N–H and O–H groups in total. The third kappa shape index (κ3) is 11.5. The van der Waals surface area contributed by atoms with E-state index in [1.807, 2.05) is 13.8 Å². The Morgan fingerprint density at radius 2 is 1.53 bits per heavy atom. The molecule has 32 heavy (non-hydrogen) atoms. The number of aliphatic hydroxyl groups excluding tert-OH is 1. The Bertz CT molecular complexity index is 679. The highest BCUT2D eigenvalue weighted by molar-refractivity contribution is 5.94. The van der Waals surface area contributed by atoms with Gasteiger partial charge in [0, 0.05) is 6.54 Å². The molecular weight excluding hydrogens is 422 g/mol. The molecule has 0 bridgehead atoms. The fraction of sp³-hybridized carbons (Fsp3) is 0.737. The molecule has 3 amide bonds. The molecule has 0 aromatic heterocycles. The number of carboxylic acids is 1. The number of hydrogen-bond acceptors (Lipinski definition) is 7. The molecule has 5 unspecified atom stereocenters. The van der Waals surface area contributed by atoms with Gasteiger partial charge >= 0.3 is 5.97 Å². The van der Waals surface area contributed by atoms with Crippen LogP contribution >= 0.6 is 0 Å². The second-order valence-corrected chi connectivity index (χ2v) is 8.04. The minimum atomic E-state index is -1.37. The number of carboxylic acid groups (broad SMARTS) is 1. The number of carbonyl (C=O) groups excluding carboxylic acids is 3. The molecule has 13 nitrogen and oxygen atoms in total. The first kappa shape index (κ1) is 29.1. The first-order valence-corrected chi connectivity index (χ1v) is 10.4. The monoisotopic (exact) mass is 459 g/mol. The van der Waals surface area contributed by atoms with Crippen LogP contribution in [-0.2, 0) is 19.2 Å². The van der Waals surface area contributed by atoms with Gasteiger partial charge in [-0.1, -0.05) is 13.8 Å². The molecule has 0 aliphatic heterocycles. The van der Waals surface area contributed by atoms with E-state index in [4.69, 9.17) is 22.3 Å². The number of nitrogens with one attached hydrogen (secondary N) is 3. The van der Waals surface area contributed by atoms with Gasteiger partial charge in [-0.3, -0.25) is 24.2 Å². The molecule has 0 aliphatic rings. The van der Waals surface area contributed by atoms with Crippen LogP contribution in [0.15, 0.2) is 4.99 Å². The summed E-state index contributed by atoms with van der Waals surface area (Å²) in [4.78, 5) is 52.3. The van der Waals surface area contributed by atoms with E-state index in [0.717, 1.165) is 0 Å². The Morgan fingerprint density at radius 1 is 0.938 bits per heavy atom. The maximum Gasteiger partial charge on any atom is 0.325 e. The topological polar surface area (TPSA) is 235 Å². The molecule has 0 aromatic carbocycles. The van der Waals surface area contributed by atoms with Crippen molar-refractivity contribution in [1.82, 2.24) is 16.0 Å². The molecular formula is C19H37N7O6. The number of nitrogens with zero attached hydrogens (tertiary/aromatic N) is 1. The predicted molar refractivity (Wildman–Crippen MR) is 118 cm³/mol. The van der Waals surface area contributed by atoms with Crippen LogP contribution in [0.4, 0.5) is 0 Å². The Balaban J connectivity index is 5.15. The lowest BCUT2D eigenvalue weighted by Crippen LogP contribution is -2.59. The van der Waals surface area contributed by atoms with Gasteiger partial charge in [-0.15, -0.1) is 0 Å². The summed E-state index contributed by atoms with van der Waals surface area (Å²) < 4.78 is 0. The summed E-state index contributed by atoms with van der Waals surface area (Å²) in [6.07, 6.45) is -0.402. The summed E-state index contributed by atoms with van der Waals surface area (Å²) in [5.41, 5.74) is 16.3. The van der Waals surface area contributed by atoms with Gasteiger partial charge in [0.2, 0.25) is 17.7 Å². The van der Waals surface area contributed by atoms with Crippen LogP contribution in [0.5, 0.6) is 0 Å². The van der Waals surface area contributed by atoms with Crippen LogP contribution in [-0.4, -0.2) is 76.7 Å². The van der Waals surface area contributed by atoms with E-state index in [2.05, 4.69) is 20.9 Å². The van der Waals surface area contributed by atoms with E-state index < -0.39 is 54.0 Å². The summed E-state index contributed by atoms with van der Waals surface area (Å²) in [5.74, 6) is -3.47. The largest absolute Gasteiger partial charge is 0.480 e. The molecule has 0 fully saturated rings. The van der Waals surface area contributed by atoms with Crippen LogP contribution in [0.3, 0.4) is 0 Å². The van der Waals surface area contributed by atoms with Crippen molar-refractivity contribution in [3.05, 3.63) is 0 Å². The second-order valence-electron chi connectivity index (χ2n) is 8.04. The molecule has 0 saturated heterocycles. The SMILES string of the molecule is CC(C)CC(NC(=O)C(NC(=O)C(N)CCCN=C(N)N)C(C)O)C(=O)NC(C)C(=O)O. The van der Waals surface area contributed by atoms with E-state index >= 15 is 0 Å². The van der Waals surface area contributed by atoms with Crippen molar-refractivity contribution >= 4 is 29.7 Å². The maximum absolute atomic E-state index is 12.7. The fourth-order valence-electron chi connectivity index (χ4n) is 2.66. The second kappa shape index (κ2) is 14.2. The van der Waals surface area contributed by atoms with Crippen molar-refractivity contribution in [2.75, 3.05) is 6.54 Å². The molecule has 0 radical (unpaired) electrons. The summed E-state index contributed by atoms with van der Waals surface area (Å²) in [7, 11) is 0. The molecule has 0 rings (SSSR count). The number of guanidine groups is 1. The van der Waals surface area contributed by atoms with Crippen LogP contribution in [0.25, 0.3) is 0 Å². The first-order valence-electron chi connectivity index (χ1n) is 10.4. The van der Waals surface area contributed by atoms with Crippen molar-refractivity contribution in [2.24, 2.45) is 28.1 Å². The lowest BCUT2D eigenvalue weighted by atomic mass is 10.0. The highest BCUT2D eigenvalue weighted by Crippen LogP contribution is 2.07. The van der Waals surface area contributed by atoms with Gasteiger partial charge in [0.15, 0.2) is 5.96 Å². The van der Waals surface area contributed by atoms with Crippen molar-refractivity contribution < 1.29 is 29.4 Å². The van der Waals surface area contributed by atoms with E-state index in [0.29, 0.717) is 6.42 Å². The van der Waals surface area contributed by atoms with Crippen molar-refractivity contribution in [1.29, 1.82) is 0 Å². The Morgan fingerprint density at radius 3 is 2.00 bits per heavy atom. The van der Waals surface area contributed by atoms with E-state index in [9.17, 15) is 24.3 Å². The molecule has 0 spiro atoms. The first-order chi connectivity index (χ1) is 14.8. The van der Waals surface area contributed by atoms with Crippen molar-refractivity contribution in [2.45, 2.75) is 77.2 Å². The Labute approximate surface area is 187 Å². The zero-order valence-corrected chi connectivity index (χ0v) is 19.0. The predicted octanol–water partition coefficient (Wildman–Crippen LogP) is -2.65. The summed E-state index contributed by atoms with van der Waals surface area (Å²) in [5, 5.41) is 26.1. The third-order valence-electron chi connectivity index (χ3n) is 4.44. The fourth-order valence-corrected chi connectivity index (χ4v) is 2.66. The number of carbonyl (C=O) groups is 4. The van der Waals surface area contributed by atoms with Gasteiger partial charge in [-0.2, -0.15) is 0 Å². The molecule has 5 atom stereocenters. The average Bonchev–Trinajstić information content (AvgIpc) is 2.67. The summed E-state index contributed by atoms with van der Waals surface area (Å²) >= 11 is 0. The number of aliphatic imine (C=N–C) groups is 1. The smallest absolute Gasteiger partial charge is 0.325 e. The number of nitrogens with two attached hydrogens (primary N) is 3. The summed E-state index contributed by atoms with van der Waals surface area (Å²) in [6.45, 7) is 6.52. The van der Waals surface area contributed by atoms with Crippen molar-refractivity contribution in [3.8, 4) is 0 Å². The quantitative estimate of drug-likeness (QED) is 0.0768. The van der Waals surface area contributed by atoms with Gasteiger partial charge < -0.3 is 43.4 Å². The number of rotatable bonds is 14. The molecule has 0 aliphatic carbocycles. The van der Waals surface area contributed by atoms with Crippen molar-refractivity contribution in [3.63, 3.8) is 0 Å². The molecule has 184 valence electrons. The highest BCUT2D eigenvalue weighted by atomic mass is 16.4. The molecule has 13 heteroatoms. The number of aliphatic carboxylic acids is 1. The minimum Gasteiger partial charge on any atom is -0.480 e. The van der Waals surface area contributed by atoms with Gasteiger partial charge in [-0.05, 0) is 39.0 Å². The van der Waals surface area contributed by atoms with Crippen LogP contribution in [0.2, 0.25) is 0 Å². The third-order valence-corrected chi connectivity index (χ3v) is 4.44. The zero-order valence-electron chi connectivity index (χ0n) is 19.0. The van der Waals surface area contributed by atoms with Gasteiger partial charge in [0.25, 0.3) is 0 Å². The molecule has 0 saturated carbocycles. The minimum absolute atomic E-state index is 0.00980. The lowest BCUT2D eigenvalue weighted by molar-refractivity contribution is -0.142. The number of amides is 3. The van der Waals surface area contributed by atoms with Crippen LogP contribution in [0.1, 0.15) is 47.0 Å². The lowest BCUT2D eigenvalue weighted by Gasteiger charge is -2.26. The highest BCUT2D eigenvalue weighted by Gasteiger charge is 2.32. The molecule has 0 aromatic rings. The normalized spacial score (nSPS) is 15.6. The van der Waals surface area contributed by atoms with Gasteiger partial charge in [0.05, 0.1) is 12.1 Å². The molecule has 0 heterocycles. The average molecular weight is 460 g/mol. The van der Waals surface area contributed by atoms with Gasteiger partial charge in [0.1, 0.15) is 18.1 Å². The number of aliphatic hydroxyl groups is 1. The number of hydrogen-bond donors (Lipinski definition) is 8. The van der Waals surface area contributed by atoms with Gasteiger partial charge in [-0.25, -0.2) is 0 Å². The maximum atomic E-state index is 12.7. The zero-order chi connectivity index (χ0) is 25.0. The van der Waals surface area contributed by atoms with E-state index in [-0.39, 0.29) is 31.3 Å². The Kier molecular flexibility index (Phi) is 12.9. The Hall–Kier alpha value is -2.93. The summed E-state index contributed by atoms with van der Waals surface area (Å²) in [6, 6.07) is -4.55. The van der Waals surface area contributed by atoms with Crippen LogP contribution in [0, 0.1) is 5.92 Å². The standard InChI is InChI=1S/C19H37N7O6/c1-9(2)8-13(16(29)24-10(3)18(31)32)25-17(30)14(11(4)27)26-15(28)12(20)6-5-7-23-19(21)22/h9-14,27H,5-8,20H2,1-4H3,(H,24,29)(H,25,30)(H,26,28)(H,31,32)(H4,21,22,23). The van der Waals surface area contributed by atoms with Crippen LogP contribution < -0.4 is 33.2 Å². The van der Waals surface area contributed by atoms with E-state index in [1.165, 1.54) is 13.8 Å². The van der Waals surface area contributed by atoms with E-state index in [1.54, 1.807) is 0 Å².